The molecule has 3 rings (SSSR count). The van der Waals surface area contributed by atoms with Gasteiger partial charge >= 0.3 is 0 Å². The minimum Gasteiger partial charge on any atom is -0.504 e. The smallest absolute Gasteiger partial charge is 0.176 e. The molecule has 0 aliphatic carbocycles. The lowest BCUT2D eigenvalue weighted by Crippen LogP contribution is -2.47. The first-order chi connectivity index (χ1) is 12.4. The maximum Gasteiger partial charge on any atom is 0.176 e. The van der Waals surface area contributed by atoms with Crippen LogP contribution in [0, 0.1) is 0 Å². The average Bonchev–Trinajstić information content (AvgIpc) is 2.65. The second-order valence-electron chi connectivity index (χ2n) is 6.91. The minimum atomic E-state index is -0.475. The summed E-state index contributed by atoms with van der Waals surface area (Å²) in [6, 6.07) is 14.0. The Morgan fingerprint density at radius 2 is 1.65 bits per heavy atom. The zero-order chi connectivity index (χ0) is 18.7. The standard InChI is InChI=1S/C21H23NO4/c1-15(23)21(17-5-3-2-4-6-17)9-11-22(12-10-21)14-20(26)16-7-8-18(24)19(25)13-16/h2-8,13,24-25H,9-12,14H2,1H3. The highest BCUT2D eigenvalue weighted by Gasteiger charge is 2.40. The van der Waals surface area contributed by atoms with E-state index in [0.717, 1.165) is 5.56 Å². The van der Waals surface area contributed by atoms with Crippen LogP contribution in [0.2, 0.25) is 0 Å². The van der Waals surface area contributed by atoms with Crippen LogP contribution in [-0.2, 0) is 10.2 Å². The van der Waals surface area contributed by atoms with E-state index >= 15 is 0 Å². The molecule has 2 aromatic rings. The van der Waals surface area contributed by atoms with E-state index in [9.17, 15) is 19.8 Å². The molecule has 0 radical (unpaired) electrons. The molecule has 0 bridgehead atoms. The molecule has 0 spiro atoms. The number of hydrogen-bond acceptors (Lipinski definition) is 5. The SMILES string of the molecule is CC(=O)C1(c2ccccc2)CCN(CC(=O)c2ccc(O)c(O)c2)CC1. The van der Waals surface area contributed by atoms with E-state index in [4.69, 9.17) is 0 Å². The molecule has 1 heterocycles. The third-order valence-electron chi connectivity index (χ3n) is 5.37. The summed E-state index contributed by atoms with van der Waals surface area (Å²) in [5.41, 5.74) is 0.936. The molecule has 0 unspecified atom stereocenters. The molecule has 0 aromatic heterocycles. The number of rotatable bonds is 5. The number of hydrogen-bond donors (Lipinski definition) is 2. The number of aromatic hydroxyl groups is 2. The molecule has 1 fully saturated rings. The van der Waals surface area contributed by atoms with Gasteiger partial charge in [0.25, 0.3) is 0 Å². The second-order valence-corrected chi connectivity index (χ2v) is 6.91. The predicted octanol–water partition coefficient (Wildman–Crippen LogP) is 2.90. The molecule has 2 N–H and O–H groups in total. The van der Waals surface area contributed by atoms with Gasteiger partial charge in [-0.1, -0.05) is 30.3 Å². The van der Waals surface area contributed by atoms with Crippen LogP contribution in [0.25, 0.3) is 0 Å². The van der Waals surface area contributed by atoms with Crippen molar-refractivity contribution in [3.63, 3.8) is 0 Å². The van der Waals surface area contributed by atoms with Gasteiger partial charge in [-0.15, -0.1) is 0 Å². The molecule has 0 amide bonds. The molecular formula is C21H23NO4. The number of nitrogens with zero attached hydrogens (tertiary/aromatic N) is 1. The number of carbonyl (C=O) groups is 2. The average molecular weight is 353 g/mol. The minimum absolute atomic E-state index is 0.115. The van der Waals surface area contributed by atoms with Crippen LogP contribution in [0.1, 0.15) is 35.7 Å². The quantitative estimate of drug-likeness (QED) is 0.638. The Hall–Kier alpha value is -2.66. The lowest BCUT2D eigenvalue weighted by Gasteiger charge is -2.40. The predicted molar refractivity (Wildman–Crippen MR) is 98.6 cm³/mol. The summed E-state index contributed by atoms with van der Waals surface area (Å²) in [6.45, 7) is 3.19. The van der Waals surface area contributed by atoms with Crippen molar-refractivity contribution in [1.82, 2.24) is 4.90 Å². The van der Waals surface area contributed by atoms with Crippen molar-refractivity contribution in [3.8, 4) is 11.5 Å². The van der Waals surface area contributed by atoms with Crippen LogP contribution in [0.15, 0.2) is 48.5 Å². The lowest BCUT2D eigenvalue weighted by atomic mass is 9.70. The molecule has 1 aliphatic rings. The largest absolute Gasteiger partial charge is 0.504 e. The van der Waals surface area contributed by atoms with Gasteiger partial charge < -0.3 is 10.2 Å². The first-order valence-corrected chi connectivity index (χ1v) is 8.76. The first-order valence-electron chi connectivity index (χ1n) is 8.76. The van der Waals surface area contributed by atoms with Gasteiger partial charge in [0.05, 0.1) is 12.0 Å². The Balaban J connectivity index is 1.68. The second kappa shape index (κ2) is 7.30. The molecule has 5 heteroatoms. The molecule has 1 saturated heterocycles. The normalized spacial score (nSPS) is 17.0. The number of Topliss-reactive ketones (excluding diaryl/α,β-unsaturated/α-hetero) is 2. The Morgan fingerprint density at radius 3 is 2.23 bits per heavy atom. The van der Waals surface area contributed by atoms with Crippen molar-refractivity contribution < 1.29 is 19.8 Å². The third-order valence-corrected chi connectivity index (χ3v) is 5.37. The Kier molecular flexibility index (Phi) is 5.09. The van der Waals surface area contributed by atoms with Gasteiger partial charge in [0.1, 0.15) is 5.78 Å². The fourth-order valence-electron chi connectivity index (χ4n) is 3.69. The fraction of sp³-hybridized carbons (Fsp3) is 0.333. The van der Waals surface area contributed by atoms with E-state index in [1.54, 1.807) is 6.92 Å². The molecule has 0 atom stereocenters. The highest BCUT2D eigenvalue weighted by molar-refractivity contribution is 5.98. The van der Waals surface area contributed by atoms with Gasteiger partial charge in [0.15, 0.2) is 17.3 Å². The van der Waals surface area contributed by atoms with Gasteiger partial charge in [-0.25, -0.2) is 0 Å². The Morgan fingerprint density at radius 1 is 1.00 bits per heavy atom. The number of piperidine rings is 1. The maximum atomic E-state index is 12.4. The summed E-state index contributed by atoms with van der Waals surface area (Å²) in [4.78, 5) is 26.9. The fourth-order valence-corrected chi connectivity index (χ4v) is 3.69. The summed E-state index contributed by atoms with van der Waals surface area (Å²) in [5.74, 6) is -0.490. The van der Waals surface area contributed by atoms with Crippen LogP contribution >= 0.6 is 0 Å². The number of phenolic OH excluding ortho intramolecular Hbond substituents is 2. The molecule has 0 saturated carbocycles. The summed E-state index contributed by atoms with van der Waals surface area (Å²) in [7, 11) is 0. The summed E-state index contributed by atoms with van der Waals surface area (Å²) in [5, 5.41) is 18.9. The van der Waals surface area contributed by atoms with Gasteiger partial charge in [-0.05, 0) is 56.6 Å². The Bertz CT molecular complexity index is 808. The highest BCUT2D eigenvalue weighted by atomic mass is 16.3. The van der Waals surface area contributed by atoms with Gasteiger partial charge in [-0.2, -0.15) is 0 Å². The number of carbonyl (C=O) groups excluding carboxylic acids is 2. The molecule has 1 aliphatic heterocycles. The van der Waals surface area contributed by atoms with Crippen molar-refractivity contribution in [1.29, 1.82) is 0 Å². The third kappa shape index (κ3) is 3.48. The monoisotopic (exact) mass is 353 g/mol. The summed E-state index contributed by atoms with van der Waals surface area (Å²) in [6.07, 6.45) is 1.36. The highest BCUT2D eigenvalue weighted by Crippen LogP contribution is 2.36. The van der Waals surface area contributed by atoms with Gasteiger partial charge in [-0.3, -0.25) is 14.5 Å². The summed E-state index contributed by atoms with van der Waals surface area (Å²) < 4.78 is 0. The number of likely N-dealkylation sites (tertiary alicyclic amines) is 1. The van der Waals surface area contributed by atoms with Crippen molar-refractivity contribution in [2.45, 2.75) is 25.2 Å². The van der Waals surface area contributed by atoms with Crippen molar-refractivity contribution in [2.75, 3.05) is 19.6 Å². The van der Waals surface area contributed by atoms with Crippen LogP contribution in [-0.4, -0.2) is 46.3 Å². The first kappa shape index (κ1) is 18.1. The molecule has 5 nitrogen and oxygen atoms in total. The van der Waals surface area contributed by atoms with E-state index in [-0.39, 0.29) is 29.6 Å². The molecule has 2 aromatic carbocycles. The van der Waals surface area contributed by atoms with Crippen LogP contribution in [0.5, 0.6) is 11.5 Å². The molecule has 136 valence electrons. The van der Waals surface area contributed by atoms with E-state index in [2.05, 4.69) is 0 Å². The van der Waals surface area contributed by atoms with E-state index in [1.165, 1.54) is 18.2 Å². The number of phenols is 2. The maximum absolute atomic E-state index is 12.4. The number of ketones is 2. The zero-order valence-electron chi connectivity index (χ0n) is 14.8. The summed E-state index contributed by atoms with van der Waals surface area (Å²) >= 11 is 0. The van der Waals surface area contributed by atoms with Gasteiger partial charge in [0.2, 0.25) is 0 Å². The van der Waals surface area contributed by atoms with E-state index in [0.29, 0.717) is 31.5 Å². The van der Waals surface area contributed by atoms with Crippen LogP contribution in [0.4, 0.5) is 0 Å². The van der Waals surface area contributed by atoms with Crippen molar-refractivity contribution in [3.05, 3.63) is 59.7 Å². The lowest BCUT2D eigenvalue weighted by molar-refractivity contribution is -0.124. The Labute approximate surface area is 152 Å². The van der Waals surface area contributed by atoms with Crippen LogP contribution < -0.4 is 0 Å². The van der Waals surface area contributed by atoms with E-state index < -0.39 is 5.41 Å². The van der Waals surface area contributed by atoms with Crippen molar-refractivity contribution >= 4 is 11.6 Å². The van der Waals surface area contributed by atoms with Crippen molar-refractivity contribution in [2.24, 2.45) is 0 Å². The van der Waals surface area contributed by atoms with E-state index in [1.807, 2.05) is 35.2 Å². The molecular weight excluding hydrogens is 330 g/mol. The topological polar surface area (TPSA) is 77.8 Å². The zero-order valence-corrected chi connectivity index (χ0v) is 14.8. The van der Waals surface area contributed by atoms with Gasteiger partial charge in [0, 0.05) is 5.56 Å². The molecule has 26 heavy (non-hydrogen) atoms. The van der Waals surface area contributed by atoms with Crippen LogP contribution in [0.3, 0.4) is 0 Å². The number of benzene rings is 2.